The number of rotatable bonds is 8. The van der Waals surface area contributed by atoms with Crippen LogP contribution in [-0.2, 0) is 13.0 Å². The average molecular weight is 426 g/mol. The summed E-state index contributed by atoms with van der Waals surface area (Å²) in [7, 11) is 0. The van der Waals surface area contributed by atoms with E-state index in [4.69, 9.17) is 10.2 Å². The van der Waals surface area contributed by atoms with Gasteiger partial charge in [0.1, 0.15) is 11.5 Å². The quantitative estimate of drug-likeness (QED) is 0.382. The maximum Gasteiger partial charge on any atom is 0.266 e. The Balaban J connectivity index is 1.42. The molecule has 160 valence electrons. The Labute approximate surface area is 183 Å². The first kappa shape index (κ1) is 19.8. The number of hydrogen-bond donors (Lipinski definition) is 1. The van der Waals surface area contributed by atoms with E-state index in [0.29, 0.717) is 6.54 Å². The van der Waals surface area contributed by atoms with Crippen molar-refractivity contribution in [2.45, 2.75) is 32.2 Å². The largest absolute Gasteiger partial charge is 0.268 e. The number of fused-ring (bicyclic) bond motifs is 1. The van der Waals surface area contributed by atoms with Gasteiger partial charge in [-0.05, 0) is 41.5 Å². The van der Waals surface area contributed by atoms with Crippen molar-refractivity contribution in [1.29, 1.82) is 0 Å². The summed E-state index contributed by atoms with van der Waals surface area (Å²) in [5.74, 6) is 0.781. The van der Waals surface area contributed by atoms with Crippen molar-refractivity contribution in [3.05, 3.63) is 83.0 Å². The second-order valence-corrected chi connectivity index (χ2v) is 7.56. The maximum atomic E-state index is 12.5. The minimum atomic E-state index is -0.106. The van der Waals surface area contributed by atoms with Gasteiger partial charge in [-0.1, -0.05) is 42.8 Å². The zero-order valence-electron chi connectivity index (χ0n) is 17.4. The molecule has 9 nitrogen and oxygen atoms in total. The fourth-order valence-electron chi connectivity index (χ4n) is 3.81. The number of pyridine rings is 1. The number of nitrogens with one attached hydrogen (secondary N) is 1. The summed E-state index contributed by atoms with van der Waals surface area (Å²) < 4.78 is 3.40. The molecule has 0 aliphatic heterocycles. The van der Waals surface area contributed by atoms with Crippen LogP contribution < -0.4 is 5.56 Å². The molecule has 4 heterocycles. The molecule has 0 radical (unpaired) electrons. The second kappa shape index (κ2) is 8.93. The maximum absolute atomic E-state index is 12.5. The molecule has 32 heavy (non-hydrogen) atoms. The van der Waals surface area contributed by atoms with Crippen LogP contribution in [0, 0.1) is 0 Å². The highest BCUT2D eigenvalue weighted by molar-refractivity contribution is 5.90. The number of hydrogen-bond acceptors (Lipinski definition) is 6. The van der Waals surface area contributed by atoms with Gasteiger partial charge in [0.05, 0.1) is 16.8 Å². The minimum absolute atomic E-state index is 0.106. The summed E-state index contributed by atoms with van der Waals surface area (Å²) in [6, 6.07) is 19.4. The van der Waals surface area contributed by atoms with E-state index in [0.717, 1.165) is 59.5 Å². The van der Waals surface area contributed by atoms with Crippen LogP contribution in [0.4, 0.5) is 0 Å². The normalized spacial score (nSPS) is 11.2. The lowest BCUT2D eigenvalue weighted by Crippen LogP contribution is -2.22. The first-order valence-electron chi connectivity index (χ1n) is 10.6. The SMILES string of the molecule is O=c1ccc(-c2c(-c3ccccc3)nn3ccccc23)nn1CCCCCc1nnn[nH]1. The molecule has 0 saturated heterocycles. The number of aryl methyl sites for hydroxylation is 2. The van der Waals surface area contributed by atoms with E-state index in [2.05, 4.69) is 20.6 Å². The Morgan fingerprint density at radius 3 is 2.59 bits per heavy atom. The molecule has 1 N–H and O–H groups in total. The van der Waals surface area contributed by atoms with Crippen LogP contribution in [0.3, 0.4) is 0 Å². The highest BCUT2D eigenvalue weighted by Gasteiger charge is 2.18. The number of aromatic nitrogens is 8. The highest BCUT2D eigenvalue weighted by atomic mass is 16.1. The molecule has 0 saturated carbocycles. The predicted octanol–water partition coefficient (Wildman–Crippen LogP) is 3.15. The average Bonchev–Trinajstić information content (AvgIpc) is 3.48. The van der Waals surface area contributed by atoms with Crippen molar-refractivity contribution in [1.82, 2.24) is 40.0 Å². The Morgan fingerprint density at radius 2 is 1.75 bits per heavy atom. The van der Waals surface area contributed by atoms with Gasteiger partial charge in [-0.25, -0.2) is 14.3 Å². The topological polar surface area (TPSA) is 107 Å². The molecule has 5 aromatic rings. The van der Waals surface area contributed by atoms with Gasteiger partial charge in [-0.2, -0.15) is 10.2 Å². The number of unbranched alkanes of at least 4 members (excludes halogenated alkanes) is 2. The molecular weight excluding hydrogens is 404 g/mol. The molecule has 0 atom stereocenters. The van der Waals surface area contributed by atoms with Gasteiger partial charge >= 0.3 is 0 Å². The summed E-state index contributed by atoms with van der Waals surface area (Å²) >= 11 is 0. The first-order valence-corrected chi connectivity index (χ1v) is 10.6. The standard InChI is InChI=1S/C23H22N8O/c32-21-14-13-18(26-31(21)16-7-2-5-12-20-24-28-29-25-20)22-19-11-6-8-15-30(19)27-23(22)17-9-3-1-4-10-17/h1,3-4,6,8-11,13-15H,2,5,7,12,16H2,(H,24,25,28,29). The molecule has 1 aromatic carbocycles. The van der Waals surface area contributed by atoms with Gasteiger partial charge in [0.25, 0.3) is 5.56 Å². The van der Waals surface area contributed by atoms with Crippen molar-refractivity contribution >= 4 is 5.52 Å². The predicted molar refractivity (Wildman–Crippen MR) is 120 cm³/mol. The zero-order valence-corrected chi connectivity index (χ0v) is 17.4. The Bertz CT molecular complexity index is 1370. The van der Waals surface area contributed by atoms with E-state index in [1.807, 2.05) is 59.2 Å². The summed E-state index contributed by atoms with van der Waals surface area (Å²) in [4.78, 5) is 12.5. The van der Waals surface area contributed by atoms with E-state index in [9.17, 15) is 4.79 Å². The molecule has 0 aliphatic rings. The van der Waals surface area contributed by atoms with E-state index < -0.39 is 0 Å². The van der Waals surface area contributed by atoms with Crippen LogP contribution in [0.5, 0.6) is 0 Å². The molecular formula is C23H22N8O. The van der Waals surface area contributed by atoms with Gasteiger partial charge in [0.15, 0.2) is 0 Å². The summed E-state index contributed by atoms with van der Waals surface area (Å²) in [5, 5.41) is 23.3. The molecule has 9 heteroatoms. The van der Waals surface area contributed by atoms with E-state index in [1.54, 1.807) is 16.8 Å². The van der Waals surface area contributed by atoms with Crippen LogP contribution in [0.2, 0.25) is 0 Å². The smallest absolute Gasteiger partial charge is 0.266 e. The summed E-state index contributed by atoms with van der Waals surface area (Å²) in [6.45, 7) is 0.557. The number of nitrogens with zero attached hydrogens (tertiary/aromatic N) is 7. The number of benzene rings is 1. The Kier molecular flexibility index (Phi) is 5.52. The van der Waals surface area contributed by atoms with Gasteiger partial charge in [0.2, 0.25) is 0 Å². The first-order chi connectivity index (χ1) is 15.8. The van der Waals surface area contributed by atoms with Crippen LogP contribution in [-0.4, -0.2) is 40.0 Å². The van der Waals surface area contributed by atoms with Gasteiger partial charge in [0, 0.05) is 30.8 Å². The van der Waals surface area contributed by atoms with Crippen LogP contribution >= 0.6 is 0 Å². The van der Waals surface area contributed by atoms with Crippen molar-refractivity contribution < 1.29 is 0 Å². The fourth-order valence-corrected chi connectivity index (χ4v) is 3.81. The zero-order chi connectivity index (χ0) is 21.8. The molecule has 0 unspecified atom stereocenters. The molecule has 0 spiro atoms. The van der Waals surface area contributed by atoms with Gasteiger partial charge < -0.3 is 0 Å². The molecule has 5 rings (SSSR count). The Morgan fingerprint density at radius 1 is 0.875 bits per heavy atom. The second-order valence-electron chi connectivity index (χ2n) is 7.56. The van der Waals surface area contributed by atoms with Crippen LogP contribution in [0.25, 0.3) is 28.0 Å². The van der Waals surface area contributed by atoms with Crippen molar-refractivity contribution in [3.8, 4) is 22.5 Å². The molecule has 0 aliphatic carbocycles. The molecule has 4 aromatic heterocycles. The summed E-state index contributed by atoms with van der Waals surface area (Å²) in [5.41, 5.74) is 4.35. The van der Waals surface area contributed by atoms with Crippen molar-refractivity contribution in [2.24, 2.45) is 0 Å². The molecule has 0 amide bonds. The lowest BCUT2D eigenvalue weighted by Gasteiger charge is -2.08. The van der Waals surface area contributed by atoms with E-state index >= 15 is 0 Å². The third kappa shape index (κ3) is 4.04. The number of aromatic amines is 1. The fraction of sp³-hybridized carbons (Fsp3) is 0.217. The molecule has 0 fully saturated rings. The molecule has 0 bridgehead atoms. The third-order valence-corrected chi connectivity index (χ3v) is 5.38. The van der Waals surface area contributed by atoms with E-state index in [-0.39, 0.29) is 5.56 Å². The van der Waals surface area contributed by atoms with Gasteiger partial charge in [-0.3, -0.25) is 4.79 Å². The van der Waals surface area contributed by atoms with Gasteiger partial charge in [-0.15, -0.1) is 5.10 Å². The lowest BCUT2D eigenvalue weighted by atomic mass is 10.0. The Hall–Kier alpha value is -4.14. The minimum Gasteiger partial charge on any atom is -0.268 e. The van der Waals surface area contributed by atoms with Crippen LogP contribution in [0.15, 0.2) is 71.7 Å². The number of tetrazole rings is 1. The lowest BCUT2D eigenvalue weighted by molar-refractivity contribution is 0.521. The number of H-pyrrole nitrogens is 1. The highest BCUT2D eigenvalue weighted by Crippen LogP contribution is 2.33. The van der Waals surface area contributed by atoms with Crippen molar-refractivity contribution in [2.75, 3.05) is 0 Å². The monoisotopic (exact) mass is 426 g/mol. The van der Waals surface area contributed by atoms with Crippen molar-refractivity contribution in [3.63, 3.8) is 0 Å². The van der Waals surface area contributed by atoms with Crippen LogP contribution in [0.1, 0.15) is 25.1 Å². The third-order valence-electron chi connectivity index (χ3n) is 5.38. The van der Waals surface area contributed by atoms with E-state index in [1.165, 1.54) is 0 Å². The summed E-state index contributed by atoms with van der Waals surface area (Å²) in [6.07, 6.45) is 5.45.